The first-order chi connectivity index (χ1) is 10.5. The number of nitrogens with one attached hydrogen (secondary N) is 1. The molecule has 1 N–H and O–H groups in total. The van der Waals surface area contributed by atoms with E-state index in [9.17, 15) is 10.1 Å². The zero-order valence-corrected chi connectivity index (χ0v) is 13.1. The molecule has 2 rings (SSSR count). The van der Waals surface area contributed by atoms with Crippen molar-refractivity contribution in [2.75, 3.05) is 32.5 Å². The van der Waals surface area contributed by atoms with Crippen LogP contribution in [0.4, 0.5) is 11.4 Å². The monoisotopic (exact) mass is 302 g/mol. The predicted octanol–water partition coefficient (Wildman–Crippen LogP) is 3.00. The Hall–Kier alpha value is -2.13. The first kappa shape index (κ1) is 16.2. The van der Waals surface area contributed by atoms with Gasteiger partial charge >= 0.3 is 0 Å². The molecule has 0 saturated heterocycles. The minimum atomic E-state index is -0.434. The minimum absolute atomic E-state index is 0.0305. The molecule has 1 aromatic carbocycles. The fourth-order valence-electron chi connectivity index (χ4n) is 3.37. The lowest BCUT2D eigenvalue weighted by molar-refractivity contribution is -0.384. The van der Waals surface area contributed by atoms with E-state index in [1.807, 2.05) is 6.07 Å². The summed E-state index contributed by atoms with van der Waals surface area (Å²) in [6.45, 7) is 1.70. The third-order valence-electron chi connectivity index (χ3n) is 4.29. The highest BCUT2D eigenvalue weighted by atomic mass is 16.6. The zero-order valence-electron chi connectivity index (χ0n) is 13.1. The van der Waals surface area contributed by atoms with E-state index in [2.05, 4.69) is 24.3 Å². The van der Waals surface area contributed by atoms with Crippen molar-refractivity contribution < 1.29 is 4.92 Å². The Bertz CT molecular complexity index is 586. The van der Waals surface area contributed by atoms with Gasteiger partial charge in [-0.05, 0) is 39.1 Å². The molecule has 118 valence electrons. The van der Waals surface area contributed by atoms with E-state index in [4.69, 9.17) is 5.26 Å². The van der Waals surface area contributed by atoms with E-state index in [1.165, 1.54) is 18.9 Å². The number of hydrogen-bond acceptors (Lipinski definition) is 5. The van der Waals surface area contributed by atoms with Crippen LogP contribution in [-0.2, 0) is 0 Å². The van der Waals surface area contributed by atoms with Crippen molar-refractivity contribution in [2.24, 2.45) is 5.41 Å². The number of anilines is 1. The zero-order chi connectivity index (χ0) is 16.2. The summed E-state index contributed by atoms with van der Waals surface area (Å²) in [6.07, 6.45) is 4.71. The van der Waals surface area contributed by atoms with Gasteiger partial charge in [0.25, 0.3) is 5.69 Å². The van der Waals surface area contributed by atoms with Gasteiger partial charge in [-0.1, -0.05) is 12.8 Å². The van der Waals surface area contributed by atoms with Gasteiger partial charge in [-0.25, -0.2) is 0 Å². The number of nitrogens with zero attached hydrogens (tertiary/aromatic N) is 3. The summed E-state index contributed by atoms with van der Waals surface area (Å²) in [7, 11) is 4.12. The van der Waals surface area contributed by atoms with Crippen molar-refractivity contribution in [1.82, 2.24) is 4.90 Å². The first-order valence-corrected chi connectivity index (χ1v) is 7.53. The molecule has 1 fully saturated rings. The number of benzene rings is 1. The molecule has 0 bridgehead atoms. The maximum absolute atomic E-state index is 11.2. The van der Waals surface area contributed by atoms with Crippen molar-refractivity contribution in [3.8, 4) is 6.07 Å². The van der Waals surface area contributed by atoms with E-state index in [0.29, 0.717) is 11.3 Å². The Balaban J connectivity index is 2.16. The van der Waals surface area contributed by atoms with Gasteiger partial charge in [0.15, 0.2) is 0 Å². The maximum atomic E-state index is 11.2. The molecular weight excluding hydrogens is 280 g/mol. The SMILES string of the molecule is CN(C)CC1(CNc2ccc(C#N)cc2[N+](=O)[O-])CCCC1. The Morgan fingerprint density at radius 3 is 2.64 bits per heavy atom. The quantitative estimate of drug-likeness (QED) is 0.645. The molecule has 1 aromatic rings. The van der Waals surface area contributed by atoms with E-state index in [-0.39, 0.29) is 11.1 Å². The van der Waals surface area contributed by atoms with Crippen molar-refractivity contribution in [2.45, 2.75) is 25.7 Å². The van der Waals surface area contributed by atoms with Crippen LogP contribution in [0.2, 0.25) is 0 Å². The maximum Gasteiger partial charge on any atom is 0.293 e. The summed E-state index contributed by atoms with van der Waals surface area (Å²) in [5, 5.41) is 23.3. The molecule has 0 radical (unpaired) electrons. The Kier molecular flexibility index (Phi) is 4.99. The van der Waals surface area contributed by atoms with Gasteiger partial charge in [0.1, 0.15) is 5.69 Å². The van der Waals surface area contributed by atoms with Crippen molar-refractivity contribution in [1.29, 1.82) is 5.26 Å². The van der Waals surface area contributed by atoms with Gasteiger partial charge in [-0.2, -0.15) is 5.26 Å². The lowest BCUT2D eigenvalue weighted by Crippen LogP contribution is -2.37. The third-order valence-corrected chi connectivity index (χ3v) is 4.29. The second kappa shape index (κ2) is 6.75. The van der Waals surface area contributed by atoms with Gasteiger partial charge < -0.3 is 10.2 Å². The van der Waals surface area contributed by atoms with Crippen LogP contribution in [0, 0.1) is 26.9 Å². The lowest BCUT2D eigenvalue weighted by atomic mass is 9.85. The summed E-state index contributed by atoms with van der Waals surface area (Å²) in [6, 6.07) is 6.52. The molecule has 0 unspecified atom stereocenters. The van der Waals surface area contributed by atoms with Crippen LogP contribution in [0.25, 0.3) is 0 Å². The lowest BCUT2D eigenvalue weighted by Gasteiger charge is -2.32. The number of hydrogen-bond donors (Lipinski definition) is 1. The summed E-state index contributed by atoms with van der Waals surface area (Å²) in [5.41, 5.74) is 0.942. The third kappa shape index (κ3) is 3.74. The summed E-state index contributed by atoms with van der Waals surface area (Å²) in [4.78, 5) is 12.9. The molecule has 0 atom stereocenters. The van der Waals surface area contributed by atoms with Gasteiger partial charge in [0, 0.05) is 24.6 Å². The molecule has 6 nitrogen and oxygen atoms in total. The summed E-state index contributed by atoms with van der Waals surface area (Å²) in [5.74, 6) is 0. The second-order valence-corrected chi connectivity index (χ2v) is 6.40. The fourth-order valence-corrected chi connectivity index (χ4v) is 3.37. The number of rotatable bonds is 6. The second-order valence-electron chi connectivity index (χ2n) is 6.40. The molecule has 1 saturated carbocycles. The molecule has 0 amide bonds. The van der Waals surface area contributed by atoms with E-state index in [0.717, 1.165) is 25.9 Å². The molecule has 1 aliphatic carbocycles. The van der Waals surface area contributed by atoms with Crippen LogP contribution in [-0.4, -0.2) is 37.0 Å². The summed E-state index contributed by atoms with van der Waals surface area (Å²) < 4.78 is 0. The molecular formula is C16H22N4O2. The normalized spacial score (nSPS) is 16.5. The van der Waals surface area contributed by atoms with Gasteiger partial charge in [0.05, 0.1) is 16.6 Å². The van der Waals surface area contributed by atoms with E-state index >= 15 is 0 Å². The smallest absolute Gasteiger partial charge is 0.293 e. The molecule has 0 aromatic heterocycles. The highest BCUT2D eigenvalue weighted by Crippen LogP contribution is 2.39. The van der Waals surface area contributed by atoms with Crippen LogP contribution >= 0.6 is 0 Å². The van der Waals surface area contributed by atoms with E-state index < -0.39 is 4.92 Å². The predicted molar refractivity (Wildman–Crippen MR) is 85.8 cm³/mol. The van der Waals surface area contributed by atoms with Crippen LogP contribution in [0.1, 0.15) is 31.2 Å². The van der Waals surface area contributed by atoms with Crippen LogP contribution in [0.3, 0.4) is 0 Å². The van der Waals surface area contributed by atoms with E-state index in [1.54, 1.807) is 12.1 Å². The van der Waals surface area contributed by atoms with Crippen molar-refractivity contribution in [3.05, 3.63) is 33.9 Å². The average molecular weight is 302 g/mol. The topological polar surface area (TPSA) is 82.2 Å². The molecule has 6 heteroatoms. The van der Waals surface area contributed by atoms with Crippen molar-refractivity contribution in [3.63, 3.8) is 0 Å². The Morgan fingerprint density at radius 1 is 1.41 bits per heavy atom. The molecule has 0 aliphatic heterocycles. The van der Waals surface area contributed by atoms with Crippen molar-refractivity contribution >= 4 is 11.4 Å². The average Bonchev–Trinajstić information content (AvgIpc) is 2.92. The highest BCUT2D eigenvalue weighted by molar-refractivity contribution is 5.64. The van der Waals surface area contributed by atoms with Crippen LogP contribution < -0.4 is 5.32 Å². The van der Waals surface area contributed by atoms with Crippen LogP contribution in [0.15, 0.2) is 18.2 Å². The van der Waals surface area contributed by atoms with Crippen LogP contribution in [0.5, 0.6) is 0 Å². The standard InChI is InChI=1S/C16H22N4O2/c1-19(2)12-16(7-3-4-8-16)11-18-14-6-5-13(10-17)9-15(14)20(21)22/h5-6,9,18H,3-4,7-8,11-12H2,1-2H3. The van der Waals surface area contributed by atoms with Gasteiger partial charge in [0.2, 0.25) is 0 Å². The largest absolute Gasteiger partial charge is 0.379 e. The van der Waals surface area contributed by atoms with Gasteiger partial charge in [-0.15, -0.1) is 0 Å². The number of nitriles is 1. The number of nitro benzene ring substituents is 1. The Labute approximate surface area is 130 Å². The highest BCUT2D eigenvalue weighted by Gasteiger charge is 2.34. The molecule has 1 aliphatic rings. The van der Waals surface area contributed by atoms with Gasteiger partial charge in [-0.3, -0.25) is 10.1 Å². The Morgan fingerprint density at radius 2 is 2.09 bits per heavy atom. The molecule has 22 heavy (non-hydrogen) atoms. The minimum Gasteiger partial charge on any atom is -0.379 e. The summed E-state index contributed by atoms with van der Waals surface area (Å²) >= 11 is 0. The number of nitro groups is 1. The fraction of sp³-hybridized carbons (Fsp3) is 0.562. The first-order valence-electron chi connectivity index (χ1n) is 7.53. The molecule has 0 spiro atoms. The molecule has 0 heterocycles.